The number of benzene rings is 2. The highest BCUT2D eigenvalue weighted by Crippen LogP contribution is 2.43. The minimum Gasteiger partial charge on any atom is -0.444 e. The summed E-state index contributed by atoms with van der Waals surface area (Å²) in [5, 5.41) is 23.3. The van der Waals surface area contributed by atoms with Crippen molar-refractivity contribution in [1.82, 2.24) is 0 Å². The monoisotopic (exact) mass is 420 g/mol. The van der Waals surface area contributed by atoms with E-state index >= 15 is 0 Å². The summed E-state index contributed by atoms with van der Waals surface area (Å²) in [5.41, 5.74) is -2.61. The summed E-state index contributed by atoms with van der Waals surface area (Å²) >= 11 is 0. The van der Waals surface area contributed by atoms with Gasteiger partial charge in [0.25, 0.3) is 12.2 Å². The molecule has 0 atom stereocenters. The number of halogens is 2. The van der Waals surface area contributed by atoms with Gasteiger partial charge in [0.05, 0.1) is 9.85 Å². The number of ether oxygens (including phenoxy) is 1. The van der Waals surface area contributed by atoms with Crippen LogP contribution in [0.3, 0.4) is 0 Å². The zero-order chi connectivity index (χ0) is 22.0. The molecule has 0 fully saturated rings. The molecular weight excluding hydrogens is 406 g/mol. The van der Waals surface area contributed by atoms with Gasteiger partial charge in [-0.05, 0) is 24.1 Å². The summed E-state index contributed by atoms with van der Waals surface area (Å²) in [5.74, 6) is -0.906. The molecule has 0 unspecified atom stereocenters. The molecule has 30 heavy (non-hydrogen) atoms. The average molecular weight is 420 g/mol. The van der Waals surface area contributed by atoms with Crippen molar-refractivity contribution in [2.24, 2.45) is 0 Å². The van der Waals surface area contributed by atoms with E-state index in [4.69, 9.17) is 9.15 Å². The Balaban J connectivity index is 2.15. The maximum Gasteiger partial charge on any atom is 0.336 e. The molecule has 3 aromatic rings. The number of aryl methyl sites for hydroxylation is 1. The zero-order valence-corrected chi connectivity index (χ0v) is 15.5. The van der Waals surface area contributed by atoms with Crippen LogP contribution in [-0.2, 0) is 6.42 Å². The van der Waals surface area contributed by atoms with Crippen molar-refractivity contribution in [1.29, 1.82) is 0 Å². The quantitative estimate of drug-likeness (QED) is 0.289. The number of hydrogen-bond acceptors (Lipinski definition) is 7. The molecule has 1 heterocycles. The molecule has 0 spiro atoms. The van der Waals surface area contributed by atoms with Crippen LogP contribution in [0.1, 0.15) is 30.9 Å². The van der Waals surface area contributed by atoms with Gasteiger partial charge >= 0.3 is 17.0 Å². The summed E-state index contributed by atoms with van der Waals surface area (Å²) in [6.07, 6.45) is -1.77. The molecule has 9 nitrogen and oxygen atoms in total. The third-order valence-corrected chi connectivity index (χ3v) is 4.26. The smallest absolute Gasteiger partial charge is 0.336 e. The Morgan fingerprint density at radius 2 is 1.70 bits per heavy atom. The van der Waals surface area contributed by atoms with Crippen LogP contribution in [0.2, 0.25) is 0 Å². The Bertz CT molecular complexity index is 1170. The van der Waals surface area contributed by atoms with Crippen LogP contribution in [0, 0.1) is 20.2 Å². The van der Waals surface area contributed by atoms with E-state index in [1.807, 2.05) is 6.92 Å². The van der Waals surface area contributed by atoms with Gasteiger partial charge in [-0.3, -0.25) is 20.2 Å². The zero-order valence-electron chi connectivity index (χ0n) is 15.5. The highest BCUT2D eigenvalue weighted by atomic mass is 19.3. The molecule has 0 saturated heterocycles. The van der Waals surface area contributed by atoms with Crippen molar-refractivity contribution in [3.05, 3.63) is 78.2 Å². The number of hydrogen-bond donors (Lipinski definition) is 0. The molecular formula is C19H14F2N2O7. The van der Waals surface area contributed by atoms with Crippen molar-refractivity contribution < 1.29 is 27.8 Å². The van der Waals surface area contributed by atoms with Gasteiger partial charge in [0.15, 0.2) is 0 Å². The maximum absolute atomic E-state index is 13.0. The van der Waals surface area contributed by atoms with Crippen LogP contribution >= 0.6 is 0 Å². The van der Waals surface area contributed by atoms with E-state index in [2.05, 4.69) is 0 Å². The SMILES string of the molecule is CCCc1cc(=O)oc2cc(Oc3c([N+](=O)[O-])cc(C(F)F)cc3[N+](=O)[O-])ccc12. The van der Waals surface area contributed by atoms with Gasteiger partial charge in [-0.1, -0.05) is 13.3 Å². The fourth-order valence-corrected chi connectivity index (χ4v) is 2.99. The summed E-state index contributed by atoms with van der Waals surface area (Å²) in [7, 11) is 0. The Morgan fingerprint density at radius 1 is 1.07 bits per heavy atom. The Labute approximate surface area is 166 Å². The number of rotatable bonds is 7. The number of nitro groups is 2. The average Bonchev–Trinajstić information content (AvgIpc) is 2.67. The van der Waals surface area contributed by atoms with Crippen LogP contribution in [0.5, 0.6) is 11.5 Å². The van der Waals surface area contributed by atoms with Crippen molar-refractivity contribution in [3.63, 3.8) is 0 Å². The maximum atomic E-state index is 13.0. The number of fused-ring (bicyclic) bond motifs is 1. The second kappa shape index (κ2) is 8.23. The molecule has 0 aliphatic heterocycles. The lowest BCUT2D eigenvalue weighted by Gasteiger charge is -2.10. The number of nitro benzene ring substituents is 2. The third kappa shape index (κ3) is 4.09. The van der Waals surface area contributed by atoms with Gasteiger partial charge in [0.1, 0.15) is 11.3 Å². The first kappa shape index (κ1) is 20.8. The lowest BCUT2D eigenvalue weighted by Crippen LogP contribution is -2.02. The number of alkyl halides is 2. The minimum atomic E-state index is -3.15. The first-order valence-electron chi connectivity index (χ1n) is 8.70. The minimum absolute atomic E-state index is 0.102. The summed E-state index contributed by atoms with van der Waals surface area (Å²) in [4.78, 5) is 32.4. The number of nitrogens with zero attached hydrogens (tertiary/aromatic N) is 2. The molecule has 0 bridgehead atoms. The Kier molecular flexibility index (Phi) is 5.72. The highest BCUT2D eigenvalue weighted by Gasteiger charge is 2.31. The van der Waals surface area contributed by atoms with Gasteiger partial charge in [0, 0.05) is 35.2 Å². The van der Waals surface area contributed by atoms with Gasteiger partial charge in [-0.2, -0.15) is 0 Å². The fourth-order valence-electron chi connectivity index (χ4n) is 2.99. The Hall–Kier alpha value is -3.89. The molecule has 1 aromatic heterocycles. The topological polar surface area (TPSA) is 126 Å². The summed E-state index contributed by atoms with van der Waals surface area (Å²) in [6, 6.07) is 6.58. The van der Waals surface area contributed by atoms with E-state index in [1.54, 1.807) is 6.07 Å². The van der Waals surface area contributed by atoms with Crippen molar-refractivity contribution in [2.75, 3.05) is 0 Å². The largest absolute Gasteiger partial charge is 0.444 e. The van der Waals surface area contributed by atoms with Gasteiger partial charge in [0.2, 0.25) is 0 Å². The molecule has 0 N–H and O–H groups in total. The van der Waals surface area contributed by atoms with Crippen LogP contribution < -0.4 is 10.4 Å². The predicted octanol–water partition coefficient (Wildman–Crippen LogP) is 5.29. The summed E-state index contributed by atoms with van der Waals surface area (Å²) in [6.45, 7) is 1.93. The van der Waals surface area contributed by atoms with Crippen LogP contribution in [0.25, 0.3) is 11.0 Å². The van der Waals surface area contributed by atoms with Gasteiger partial charge in [-0.15, -0.1) is 0 Å². The van der Waals surface area contributed by atoms with E-state index < -0.39 is 44.6 Å². The normalized spacial score (nSPS) is 11.1. The summed E-state index contributed by atoms with van der Waals surface area (Å²) < 4.78 is 36.5. The van der Waals surface area contributed by atoms with Crippen LogP contribution in [0.4, 0.5) is 20.2 Å². The third-order valence-electron chi connectivity index (χ3n) is 4.26. The second-order valence-corrected chi connectivity index (χ2v) is 6.30. The molecule has 0 aliphatic carbocycles. The van der Waals surface area contributed by atoms with E-state index in [0.29, 0.717) is 23.9 Å². The Morgan fingerprint density at radius 3 is 2.23 bits per heavy atom. The van der Waals surface area contributed by atoms with Gasteiger partial charge in [-0.25, -0.2) is 13.6 Å². The van der Waals surface area contributed by atoms with E-state index in [9.17, 15) is 33.8 Å². The lowest BCUT2D eigenvalue weighted by atomic mass is 10.1. The highest BCUT2D eigenvalue weighted by molar-refractivity contribution is 5.81. The molecule has 0 amide bonds. The molecule has 0 saturated carbocycles. The van der Waals surface area contributed by atoms with Crippen LogP contribution in [-0.4, -0.2) is 9.85 Å². The molecule has 0 radical (unpaired) electrons. The predicted molar refractivity (Wildman–Crippen MR) is 101 cm³/mol. The van der Waals surface area contributed by atoms with Crippen molar-refractivity contribution in [3.8, 4) is 11.5 Å². The first-order chi connectivity index (χ1) is 14.2. The fraction of sp³-hybridized carbons (Fsp3) is 0.211. The van der Waals surface area contributed by atoms with E-state index in [0.717, 1.165) is 12.0 Å². The van der Waals surface area contributed by atoms with E-state index in [1.165, 1.54) is 18.2 Å². The standard InChI is InChI=1S/C19H14F2N2O7/c1-2-3-10-8-17(24)30-16-9-12(4-5-13(10)16)29-18-14(22(25)26)6-11(19(20)21)7-15(18)23(27)28/h4-9,19H,2-3H2,1H3. The lowest BCUT2D eigenvalue weighted by molar-refractivity contribution is -0.395. The molecule has 3 rings (SSSR count). The second-order valence-electron chi connectivity index (χ2n) is 6.30. The molecule has 0 aliphatic rings. The van der Waals surface area contributed by atoms with Crippen LogP contribution in [0.15, 0.2) is 45.6 Å². The van der Waals surface area contributed by atoms with Crippen molar-refractivity contribution >= 4 is 22.3 Å². The van der Waals surface area contributed by atoms with E-state index in [-0.39, 0.29) is 11.3 Å². The molecule has 156 valence electrons. The first-order valence-corrected chi connectivity index (χ1v) is 8.70. The molecule has 11 heteroatoms. The van der Waals surface area contributed by atoms with Crippen molar-refractivity contribution in [2.45, 2.75) is 26.2 Å². The molecule has 2 aromatic carbocycles. The van der Waals surface area contributed by atoms with Gasteiger partial charge < -0.3 is 9.15 Å².